The van der Waals surface area contributed by atoms with E-state index < -0.39 is 0 Å². The van der Waals surface area contributed by atoms with Crippen molar-refractivity contribution in [3.05, 3.63) is 0 Å². The largest absolute Gasteiger partial charge is 0.392 e. The van der Waals surface area contributed by atoms with Crippen LogP contribution in [0.1, 0.15) is 39.5 Å². The molecule has 1 heterocycles. The first-order valence-corrected chi connectivity index (χ1v) is 7.21. The molecule has 1 saturated heterocycles. The highest BCUT2D eigenvalue weighted by molar-refractivity contribution is 5.01. The Morgan fingerprint density at radius 2 is 2.28 bits per heavy atom. The second-order valence-electron chi connectivity index (χ2n) is 6.14. The molecule has 3 atom stereocenters. The molecule has 2 rings (SSSR count). The van der Waals surface area contributed by atoms with Gasteiger partial charge in [-0.3, -0.25) is 0 Å². The summed E-state index contributed by atoms with van der Waals surface area (Å²) in [7, 11) is 0. The van der Waals surface area contributed by atoms with Crippen LogP contribution in [-0.2, 0) is 9.47 Å². The highest BCUT2D eigenvalue weighted by Crippen LogP contribution is 2.40. The van der Waals surface area contributed by atoms with Crippen molar-refractivity contribution in [2.45, 2.75) is 57.8 Å². The van der Waals surface area contributed by atoms with Crippen molar-refractivity contribution in [2.24, 2.45) is 5.41 Å². The van der Waals surface area contributed by atoms with Gasteiger partial charge in [0.25, 0.3) is 0 Å². The van der Waals surface area contributed by atoms with Gasteiger partial charge in [-0.1, -0.05) is 13.8 Å². The fraction of sp³-hybridized carbons (Fsp3) is 1.00. The first kappa shape index (κ1) is 14.3. The van der Waals surface area contributed by atoms with E-state index >= 15 is 0 Å². The van der Waals surface area contributed by atoms with Crippen molar-refractivity contribution < 1.29 is 14.6 Å². The predicted molar refractivity (Wildman–Crippen MR) is 70.6 cm³/mol. The number of hydrogen-bond donors (Lipinski definition) is 2. The van der Waals surface area contributed by atoms with E-state index in [2.05, 4.69) is 19.2 Å². The number of rotatable bonds is 7. The Labute approximate surface area is 110 Å². The second-order valence-corrected chi connectivity index (χ2v) is 6.14. The van der Waals surface area contributed by atoms with E-state index in [1.807, 2.05) is 0 Å². The van der Waals surface area contributed by atoms with Crippen molar-refractivity contribution >= 4 is 0 Å². The zero-order valence-corrected chi connectivity index (χ0v) is 11.7. The van der Waals surface area contributed by atoms with E-state index in [1.54, 1.807) is 0 Å². The third kappa shape index (κ3) is 3.44. The van der Waals surface area contributed by atoms with Gasteiger partial charge in [0.15, 0.2) is 0 Å². The number of aliphatic hydroxyl groups excluding tert-OH is 1. The molecule has 1 aliphatic carbocycles. The third-order valence-corrected chi connectivity index (χ3v) is 4.40. The fourth-order valence-corrected chi connectivity index (χ4v) is 2.69. The smallest absolute Gasteiger partial charge is 0.0809 e. The quantitative estimate of drug-likeness (QED) is 0.675. The number of nitrogens with one attached hydrogen (secondary N) is 1. The number of hydrogen-bond acceptors (Lipinski definition) is 4. The van der Waals surface area contributed by atoms with Gasteiger partial charge in [0.2, 0.25) is 0 Å². The molecule has 2 fully saturated rings. The van der Waals surface area contributed by atoms with Crippen LogP contribution >= 0.6 is 0 Å². The van der Waals surface area contributed by atoms with Crippen LogP contribution in [0.15, 0.2) is 0 Å². The van der Waals surface area contributed by atoms with Crippen LogP contribution in [0.2, 0.25) is 0 Å². The molecule has 0 radical (unpaired) electrons. The highest BCUT2D eigenvalue weighted by Gasteiger charge is 2.46. The Balaban J connectivity index is 1.44. The molecule has 2 N–H and O–H groups in total. The zero-order chi connectivity index (χ0) is 13.0. The van der Waals surface area contributed by atoms with Gasteiger partial charge in [0.1, 0.15) is 0 Å². The molecule has 0 bridgehead atoms. The van der Waals surface area contributed by atoms with Crippen molar-refractivity contribution in [3.8, 4) is 0 Å². The van der Waals surface area contributed by atoms with Gasteiger partial charge in [-0.05, 0) is 32.2 Å². The highest BCUT2D eigenvalue weighted by atomic mass is 16.5. The van der Waals surface area contributed by atoms with E-state index in [-0.39, 0.29) is 11.5 Å². The lowest BCUT2D eigenvalue weighted by molar-refractivity contribution is -0.0727. The topological polar surface area (TPSA) is 50.7 Å². The molecule has 0 aromatic rings. The summed E-state index contributed by atoms with van der Waals surface area (Å²) in [5, 5.41) is 13.1. The minimum absolute atomic E-state index is 0.0263. The summed E-state index contributed by atoms with van der Waals surface area (Å²) in [6.45, 7) is 7.64. The molecule has 0 spiro atoms. The molecule has 3 unspecified atom stereocenters. The lowest BCUT2D eigenvalue weighted by Gasteiger charge is -2.49. The van der Waals surface area contributed by atoms with Gasteiger partial charge in [0.05, 0.1) is 18.8 Å². The predicted octanol–water partition coefficient (Wildman–Crippen LogP) is 1.32. The molecule has 0 aromatic heterocycles. The first-order chi connectivity index (χ1) is 8.60. The van der Waals surface area contributed by atoms with Crippen LogP contribution < -0.4 is 5.32 Å². The summed E-state index contributed by atoms with van der Waals surface area (Å²) in [4.78, 5) is 0. The standard InChI is InChI=1S/C14H27NO3/c1-14(2)12(9-13(14)16)15-6-4-7-17-10-11-5-3-8-18-11/h11-13,15-16H,3-10H2,1-2H3. The molecule has 106 valence electrons. The van der Waals surface area contributed by atoms with Crippen molar-refractivity contribution in [1.82, 2.24) is 5.32 Å². The molecular weight excluding hydrogens is 230 g/mol. The van der Waals surface area contributed by atoms with Crippen LogP contribution in [0.4, 0.5) is 0 Å². The summed E-state index contributed by atoms with van der Waals surface area (Å²) >= 11 is 0. The van der Waals surface area contributed by atoms with E-state index in [4.69, 9.17) is 9.47 Å². The molecule has 2 aliphatic rings. The molecule has 4 heteroatoms. The zero-order valence-electron chi connectivity index (χ0n) is 11.7. The molecule has 1 aliphatic heterocycles. The number of ether oxygens (including phenoxy) is 2. The summed E-state index contributed by atoms with van der Waals surface area (Å²) in [6.07, 6.45) is 4.41. The third-order valence-electron chi connectivity index (χ3n) is 4.40. The van der Waals surface area contributed by atoms with Gasteiger partial charge >= 0.3 is 0 Å². The van der Waals surface area contributed by atoms with Gasteiger partial charge in [0, 0.05) is 24.7 Å². The lowest BCUT2D eigenvalue weighted by Crippen LogP contribution is -2.60. The Kier molecular flexibility index (Phi) is 5.01. The molecule has 0 amide bonds. The average Bonchev–Trinajstić information content (AvgIpc) is 2.85. The SMILES string of the molecule is CC1(C)C(O)CC1NCCCOCC1CCCO1. The van der Waals surface area contributed by atoms with Gasteiger partial charge in [-0.15, -0.1) is 0 Å². The van der Waals surface area contributed by atoms with E-state index in [0.717, 1.165) is 45.6 Å². The van der Waals surface area contributed by atoms with Gasteiger partial charge < -0.3 is 19.9 Å². The Morgan fingerprint density at radius 3 is 2.89 bits per heavy atom. The van der Waals surface area contributed by atoms with Crippen molar-refractivity contribution in [1.29, 1.82) is 0 Å². The van der Waals surface area contributed by atoms with E-state index in [9.17, 15) is 5.11 Å². The Morgan fingerprint density at radius 1 is 1.44 bits per heavy atom. The minimum Gasteiger partial charge on any atom is -0.392 e. The molecule has 4 nitrogen and oxygen atoms in total. The average molecular weight is 257 g/mol. The van der Waals surface area contributed by atoms with E-state index in [1.165, 1.54) is 6.42 Å². The normalized spacial score (nSPS) is 34.5. The monoisotopic (exact) mass is 257 g/mol. The second kappa shape index (κ2) is 6.33. The maximum absolute atomic E-state index is 9.63. The van der Waals surface area contributed by atoms with Crippen LogP contribution in [0.25, 0.3) is 0 Å². The maximum atomic E-state index is 9.63. The van der Waals surface area contributed by atoms with Crippen molar-refractivity contribution in [2.75, 3.05) is 26.4 Å². The van der Waals surface area contributed by atoms with Gasteiger partial charge in [-0.2, -0.15) is 0 Å². The van der Waals surface area contributed by atoms with Gasteiger partial charge in [-0.25, -0.2) is 0 Å². The fourth-order valence-electron chi connectivity index (χ4n) is 2.69. The first-order valence-electron chi connectivity index (χ1n) is 7.21. The van der Waals surface area contributed by atoms with E-state index in [0.29, 0.717) is 12.1 Å². The summed E-state index contributed by atoms with van der Waals surface area (Å²) in [5.74, 6) is 0. The number of aliphatic hydroxyl groups is 1. The molecule has 18 heavy (non-hydrogen) atoms. The summed E-state index contributed by atoms with van der Waals surface area (Å²) in [6, 6.07) is 0.450. The van der Waals surface area contributed by atoms with Crippen molar-refractivity contribution in [3.63, 3.8) is 0 Å². The molecular formula is C14H27NO3. The molecule has 0 aromatic carbocycles. The summed E-state index contributed by atoms with van der Waals surface area (Å²) < 4.78 is 11.1. The summed E-state index contributed by atoms with van der Waals surface area (Å²) in [5.41, 5.74) is 0.0263. The minimum atomic E-state index is -0.147. The lowest BCUT2D eigenvalue weighted by atomic mass is 9.64. The van der Waals surface area contributed by atoms with Crippen LogP contribution in [-0.4, -0.2) is 49.7 Å². The van der Waals surface area contributed by atoms with Crippen LogP contribution in [0, 0.1) is 5.41 Å². The van der Waals surface area contributed by atoms with Crippen LogP contribution in [0.3, 0.4) is 0 Å². The Bertz CT molecular complexity index is 251. The maximum Gasteiger partial charge on any atom is 0.0809 e. The molecule has 1 saturated carbocycles. The van der Waals surface area contributed by atoms with Crippen LogP contribution in [0.5, 0.6) is 0 Å². The Hall–Kier alpha value is -0.160.